The van der Waals surface area contributed by atoms with Gasteiger partial charge in [-0.25, -0.2) is 9.97 Å². The lowest BCUT2D eigenvalue weighted by atomic mass is 10.2. The number of nitro benzene ring substituents is 1. The molecule has 1 amide bonds. The highest BCUT2D eigenvalue weighted by Gasteiger charge is 2.24. The molecule has 0 atom stereocenters. The van der Waals surface area contributed by atoms with Crippen molar-refractivity contribution < 1.29 is 14.6 Å². The van der Waals surface area contributed by atoms with Crippen molar-refractivity contribution in [1.29, 1.82) is 0 Å². The third-order valence-electron chi connectivity index (χ3n) is 4.54. The fraction of sp³-hybridized carbons (Fsp3) is 0. The van der Waals surface area contributed by atoms with Crippen LogP contribution in [0.2, 0.25) is 0 Å². The number of hydrogen-bond donors (Lipinski definition) is 3. The van der Waals surface area contributed by atoms with E-state index in [1.54, 1.807) is 36.5 Å². The number of hydrazine groups is 1. The number of anilines is 3. The lowest BCUT2D eigenvalue weighted by Crippen LogP contribution is -2.30. The highest BCUT2D eigenvalue weighted by Crippen LogP contribution is 2.32. The monoisotopic (exact) mass is 446 g/mol. The fourth-order valence-corrected chi connectivity index (χ4v) is 3.00. The minimum atomic E-state index is -0.688. The molecule has 2 aromatic heterocycles. The number of nitro groups is 2. The van der Waals surface area contributed by atoms with E-state index in [-0.39, 0.29) is 22.9 Å². The van der Waals surface area contributed by atoms with Gasteiger partial charge in [-0.3, -0.25) is 40.9 Å². The first-order valence-electron chi connectivity index (χ1n) is 9.35. The predicted molar refractivity (Wildman–Crippen MR) is 118 cm³/mol. The van der Waals surface area contributed by atoms with Crippen molar-refractivity contribution in [3.63, 3.8) is 0 Å². The largest absolute Gasteiger partial charge is 0.355 e. The zero-order valence-corrected chi connectivity index (χ0v) is 16.6. The topological polar surface area (TPSA) is 178 Å². The van der Waals surface area contributed by atoms with E-state index >= 15 is 0 Å². The summed E-state index contributed by atoms with van der Waals surface area (Å²) in [5, 5.41) is 26.2. The molecule has 0 bridgehead atoms. The van der Waals surface area contributed by atoms with Gasteiger partial charge in [-0.1, -0.05) is 6.07 Å². The van der Waals surface area contributed by atoms with Gasteiger partial charge in [-0.2, -0.15) is 0 Å². The molecule has 0 saturated carbocycles. The average Bonchev–Trinajstić information content (AvgIpc) is 2.82. The number of aromatic nitrogens is 3. The first-order chi connectivity index (χ1) is 15.9. The lowest BCUT2D eigenvalue weighted by Gasteiger charge is -2.12. The second-order valence-corrected chi connectivity index (χ2v) is 6.56. The number of hydrogen-bond acceptors (Lipinski definition) is 10. The molecular formula is C20H14N8O5. The molecule has 3 N–H and O–H groups in total. The number of benzene rings is 2. The van der Waals surface area contributed by atoms with Gasteiger partial charge in [-0.15, -0.1) is 0 Å². The second-order valence-electron chi connectivity index (χ2n) is 6.56. The van der Waals surface area contributed by atoms with Crippen LogP contribution in [0.5, 0.6) is 0 Å². The number of nitrogens with one attached hydrogen (secondary N) is 3. The standard InChI is InChI=1S/C20H14N8O5/c29-20(12-6-8-13(9-7-12)27(30)31)26-25-19-17(28(32)33)18(22-11-23-19)24-16-5-1-4-15-14(16)3-2-10-21-15/h1-11H,(H,26,29)(H2,22,23,24,25). The quantitative estimate of drug-likeness (QED) is 0.281. The molecule has 164 valence electrons. The highest BCUT2D eigenvalue weighted by molar-refractivity contribution is 5.96. The van der Waals surface area contributed by atoms with E-state index in [0.29, 0.717) is 11.2 Å². The van der Waals surface area contributed by atoms with Crippen molar-refractivity contribution in [3.8, 4) is 0 Å². The molecule has 0 spiro atoms. The molecule has 2 heterocycles. The number of carbonyl (C=O) groups is 1. The minimum absolute atomic E-state index is 0.0987. The Morgan fingerprint density at radius 1 is 0.848 bits per heavy atom. The number of rotatable bonds is 7. The molecule has 0 radical (unpaired) electrons. The fourth-order valence-electron chi connectivity index (χ4n) is 3.00. The molecular weight excluding hydrogens is 432 g/mol. The summed E-state index contributed by atoms with van der Waals surface area (Å²) in [6.45, 7) is 0. The Morgan fingerprint density at radius 2 is 1.61 bits per heavy atom. The summed E-state index contributed by atoms with van der Waals surface area (Å²) < 4.78 is 0. The molecule has 0 aliphatic heterocycles. The Hall–Kier alpha value is -5.20. The van der Waals surface area contributed by atoms with Crippen LogP contribution in [0, 0.1) is 20.2 Å². The Kier molecular flexibility index (Phi) is 5.67. The van der Waals surface area contributed by atoms with Crippen LogP contribution in [0.4, 0.5) is 28.7 Å². The summed E-state index contributed by atoms with van der Waals surface area (Å²) in [6.07, 6.45) is 2.73. The van der Waals surface area contributed by atoms with Crippen LogP contribution in [0.3, 0.4) is 0 Å². The van der Waals surface area contributed by atoms with Crippen molar-refractivity contribution in [3.05, 3.63) is 92.9 Å². The summed E-state index contributed by atoms with van der Waals surface area (Å²) in [4.78, 5) is 45.6. The summed E-state index contributed by atoms with van der Waals surface area (Å²) in [7, 11) is 0. The van der Waals surface area contributed by atoms with Crippen molar-refractivity contribution >= 4 is 45.5 Å². The number of nitrogens with zero attached hydrogens (tertiary/aromatic N) is 5. The molecule has 0 aliphatic rings. The van der Waals surface area contributed by atoms with Crippen LogP contribution in [-0.2, 0) is 0 Å². The summed E-state index contributed by atoms with van der Waals surface area (Å²) in [5.41, 5.74) is 5.37. The third kappa shape index (κ3) is 4.46. The van der Waals surface area contributed by atoms with Gasteiger partial charge >= 0.3 is 5.69 Å². The van der Waals surface area contributed by atoms with Crippen molar-refractivity contribution in [2.75, 3.05) is 10.7 Å². The molecule has 0 saturated heterocycles. The van der Waals surface area contributed by atoms with Gasteiger partial charge in [0.1, 0.15) is 6.33 Å². The smallest absolute Gasteiger partial charge is 0.334 e. The van der Waals surface area contributed by atoms with Crippen LogP contribution >= 0.6 is 0 Å². The van der Waals surface area contributed by atoms with Gasteiger partial charge in [0.05, 0.1) is 15.4 Å². The summed E-state index contributed by atoms with van der Waals surface area (Å²) in [6, 6.07) is 13.7. The minimum Gasteiger partial charge on any atom is -0.334 e. The number of amides is 1. The number of fused-ring (bicyclic) bond motifs is 1. The molecule has 13 nitrogen and oxygen atoms in total. The van der Waals surface area contributed by atoms with Crippen molar-refractivity contribution in [2.24, 2.45) is 0 Å². The van der Waals surface area contributed by atoms with Gasteiger partial charge in [-0.05, 0) is 36.4 Å². The van der Waals surface area contributed by atoms with E-state index in [1.165, 1.54) is 24.3 Å². The Labute approximate surface area is 184 Å². The number of non-ortho nitro benzene ring substituents is 1. The number of carbonyl (C=O) groups excluding carboxylic acids is 1. The third-order valence-corrected chi connectivity index (χ3v) is 4.54. The maximum atomic E-state index is 12.3. The zero-order chi connectivity index (χ0) is 23.4. The molecule has 4 rings (SSSR count). The Balaban J connectivity index is 1.58. The Bertz CT molecular complexity index is 1370. The first kappa shape index (κ1) is 21.0. The highest BCUT2D eigenvalue weighted by atomic mass is 16.6. The summed E-state index contributed by atoms with van der Waals surface area (Å²) >= 11 is 0. The average molecular weight is 446 g/mol. The van der Waals surface area contributed by atoms with E-state index in [9.17, 15) is 25.0 Å². The van der Waals surface area contributed by atoms with E-state index < -0.39 is 21.4 Å². The van der Waals surface area contributed by atoms with Crippen LogP contribution in [0.15, 0.2) is 67.1 Å². The van der Waals surface area contributed by atoms with E-state index in [4.69, 9.17) is 0 Å². The molecule has 0 fully saturated rings. The number of pyridine rings is 1. The van der Waals surface area contributed by atoms with Gasteiger partial charge < -0.3 is 5.32 Å². The molecule has 13 heteroatoms. The summed E-state index contributed by atoms with van der Waals surface area (Å²) in [5.74, 6) is -1.03. The Morgan fingerprint density at radius 3 is 2.33 bits per heavy atom. The second kappa shape index (κ2) is 8.89. The van der Waals surface area contributed by atoms with E-state index in [2.05, 4.69) is 31.1 Å². The normalized spacial score (nSPS) is 10.4. The van der Waals surface area contributed by atoms with Crippen molar-refractivity contribution in [2.45, 2.75) is 0 Å². The molecule has 4 aromatic rings. The van der Waals surface area contributed by atoms with Crippen LogP contribution in [0.1, 0.15) is 10.4 Å². The molecule has 33 heavy (non-hydrogen) atoms. The van der Waals surface area contributed by atoms with Crippen LogP contribution in [-0.4, -0.2) is 30.7 Å². The molecule has 2 aromatic carbocycles. The van der Waals surface area contributed by atoms with Gasteiger partial charge in [0.15, 0.2) is 0 Å². The maximum Gasteiger partial charge on any atom is 0.355 e. The molecule has 0 unspecified atom stereocenters. The van der Waals surface area contributed by atoms with Crippen LogP contribution in [0.25, 0.3) is 10.9 Å². The first-order valence-corrected chi connectivity index (χ1v) is 9.35. The zero-order valence-electron chi connectivity index (χ0n) is 16.6. The van der Waals surface area contributed by atoms with E-state index in [0.717, 1.165) is 11.7 Å². The van der Waals surface area contributed by atoms with Gasteiger partial charge in [0.2, 0.25) is 11.6 Å². The van der Waals surface area contributed by atoms with Gasteiger partial charge in [0.25, 0.3) is 11.6 Å². The maximum absolute atomic E-state index is 12.3. The van der Waals surface area contributed by atoms with E-state index in [1.807, 2.05) is 0 Å². The van der Waals surface area contributed by atoms with Crippen molar-refractivity contribution in [1.82, 2.24) is 20.4 Å². The van der Waals surface area contributed by atoms with Crippen LogP contribution < -0.4 is 16.2 Å². The lowest BCUT2D eigenvalue weighted by molar-refractivity contribution is -0.384. The molecule has 0 aliphatic carbocycles. The van der Waals surface area contributed by atoms with Gasteiger partial charge in [0, 0.05) is 35.0 Å². The predicted octanol–water partition coefficient (Wildman–Crippen LogP) is 3.34. The SMILES string of the molecule is O=C(NNc1ncnc(Nc2cccc3ncccc23)c1[N+](=O)[O-])c1ccc([N+](=O)[O-])cc1.